The molecule has 3 amide bonds. The first-order chi connectivity index (χ1) is 14.9. The third kappa shape index (κ3) is 2.95. The van der Waals surface area contributed by atoms with Gasteiger partial charge < -0.3 is 25.1 Å². The number of imide groups is 1. The number of urea groups is 1. The van der Waals surface area contributed by atoms with Gasteiger partial charge in [0.05, 0.1) is 13.7 Å². The summed E-state index contributed by atoms with van der Waals surface area (Å²) in [6.07, 6.45) is 0. The number of carbonyl (C=O) groups is 2. The molecule has 0 unspecified atom stereocenters. The molecule has 1 atom stereocenters. The van der Waals surface area contributed by atoms with Gasteiger partial charge in [-0.2, -0.15) is 0 Å². The van der Waals surface area contributed by atoms with Gasteiger partial charge in [-0.1, -0.05) is 18.7 Å². The molecule has 1 saturated heterocycles. The first kappa shape index (κ1) is 19.2. The van der Waals surface area contributed by atoms with Crippen LogP contribution in [-0.2, 0) is 23.4 Å². The smallest absolute Gasteiger partial charge is 0.322 e. The van der Waals surface area contributed by atoms with Crippen molar-refractivity contribution in [2.45, 2.75) is 18.6 Å². The lowest BCUT2D eigenvalue weighted by Gasteiger charge is -2.30. The van der Waals surface area contributed by atoms with Crippen molar-refractivity contribution in [3.05, 3.63) is 71.5 Å². The fourth-order valence-electron chi connectivity index (χ4n) is 4.28. The van der Waals surface area contributed by atoms with Gasteiger partial charge in [-0.3, -0.25) is 10.1 Å². The predicted molar refractivity (Wildman–Crippen MR) is 115 cm³/mol. The number of benzene rings is 2. The van der Waals surface area contributed by atoms with Crippen molar-refractivity contribution >= 4 is 28.6 Å². The quantitative estimate of drug-likeness (QED) is 0.549. The Morgan fingerprint density at radius 3 is 2.77 bits per heavy atom. The molecule has 2 aromatic carbocycles. The van der Waals surface area contributed by atoms with Crippen LogP contribution in [0.25, 0.3) is 16.7 Å². The van der Waals surface area contributed by atoms with Gasteiger partial charge in [0.2, 0.25) is 0 Å². The summed E-state index contributed by atoms with van der Waals surface area (Å²) in [6, 6.07) is 12.6. The van der Waals surface area contributed by atoms with E-state index in [1.165, 1.54) is 0 Å². The van der Waals surface area contributed by atoms with Crippen molar-refractivity contribution in [1.82, 2.24) is 15.5 Å². The van der Waals surface area contributed by atoms with E-state index in [-0.39, 0.29) is 6.54 Å². The Balaban J connectivity index is 1.54. The maximum absolute atomic E-state index is 13.0. The Labute approximate surface area is 178 Å². The van der Waals surface area contributed by atoms with Crippen LogP contribution in [0.3, 0.4) is 0 Å². The Morgan fingerprint density at radius 1 is 1.23 bits per heavy atom. The molecule has 1 fully saturated rings. The van der Waals surface area contributed by atoms with Crippen molar-refractivity contribution in [2.24, 2.45) is 5.73 Å². The topological polar surface area (TPSA) is 110 Å². The van der Waals surface area contributed by atoms with Crippen LogP contribution < -0.4 is 21.1 Å². The van der Waals surface area contributed by atoms with E-state index in [4.69, 9.17) is 14.9 Å². The molecule has 31 heavy (non-hydrogen) atoms. The number of furan rings is 1. The number of hydrogen-bond donors (Lipinski definition) is 3. The van der Waals surface area contributed by atoms with Gasteiger partial charge in [0.15, 0.2) is 5.54 Å². The summed E-state index contributed by atoms with van der Waals surface area (Å²) >= 11 is 0. The average Bonchev–Trinajstić information content (AvgIpc) is 3.41. The van der Waals surface area contributed by atoms with Gasteiger partial charge in [0.25, 0.3) is 5.91 Å². The predicted octanol–water partition coefficient (Wildman–Crippen LogP) is 2.42. The highest BCUT2D eigenvalue weighted by Gasteiger charge is 2.52. The highest BCUT2D eigenvalue weighted by Crippen LogP contribution is 2.38. The lowest BCUT2D eigenvalue weighted by Crippen LogP contribution is -2.51. The third-order valence-corrected chi connectivity index (χ3v) is 5.98. The number of carbonyl (C=O) groups excluding carboxylic acids is 2. The SMILES string of the molecule is C=C1c2cc(OC)ccc2CN1C[C@@]1(c2cc3cc(CN)ccc3o2)NC(=O)NC1=O. The van der Waals surface area contributed by atoms with Crippen LogP contribution in [0.4, 0.5) is 4.79 Å². The summed E-state index contributed by atoms with van der Waals surface area (Å²) in [5, 5.41) is 5.97. The van der Waals surface area contributed by atoms with E-state index in [0.29, 0.717) is 24.4 Å². The minimum Gasteiger partial charge on any atom is -0.497 e. The normalized spacial score (nSPS) is 20.2. The maximum Gasteiger partial charge on any atom is 0.322 e. The second-order valence-electron chi connectivity index (χ2n) is 7.83. The number of nitrogens with zero attached hydrogens (tertiary/aromatic N) is 1. The van der Waals surface area contributed by atoms with E-state index in [0.717, 1.165) is 33.5 Å². The molecule has 158 valence electrons. The van der Waals surface area contributed by atoms with Crippen LogP contribution in [0.1, 0.15) is 22.5 Å². The van der Waals surface area contributed by atoms with Gasteiger partial charge in [0, 0.05) is 29.7 Å². The monoisotopic (exact) mass is 418 g/mol. The molecule has 0 spiro atoms. The zero-order valence-corrected chi connectivity index (χ0v) is 17.0. The molecule has 0 saturated carbocycles. The van der Waals surface area contributed by atoms with Gasteiger partial charge in [-0.05, 0) is 41.5 Å². The summed E-state index contributed by atoms with van der Waals surface area (Å²) in [5.74, 6) is 0.634. The minimum absolute atomic E-state index is 0.171. The first-order valence-electron chi connectivity index (χ1n) is 9.91. The highest BCUT2D eigenvalue weighted by molar-refractivity contribution is 6.07. The van der Waals surface area contributed by atoms with E-state index in [2.05, 4.69) is 17.2 Å². The number of nitrogens with two attached hydrogens (primary N) is 1. The van der Waals surface area contributed by atoms with Crippen LogP contribution in [0.5, 0.6) is 5.75 Å². The molecule has 0 radical (unpaired) electrons. The fraction of sp³-hybridized carbons (Fsp3) is 0.217. The molecule has 1 aromatic heterocycles. The Morgan fingerprint density at radius 2 is 2.06 bits per heavy atom. The number of amides is 3. The summed E-state index contributed by atoms with van der Waals surface area (Å²) < 4.78 is 11.4. The van der Waals surface area contributed by atoms with Gasteiger partial charge in [-0.15, -0.1) is 0 Å². The van der Waals surface area contributed by atoms with Crippen molar-refractivity contribution < 1.29 is 18.7 Å². The molecule has 0 bridgehead atoms. The molecule has 8 heteroatoms. The number of methoxy groups -OCH3 is 1. The van der Waals surface area contributed by atoms with E-state index >= 15 is 0 Å². The number of rotatable bonds is 5. The molecule has 3 aromatic rings. The van der Waals surface area contributed by atoms with Gasteiger partial charge >= 0.3 is 6.03 Å². The van der Waals surface area contributed by atoms with E-state index < -0.39 is 17.5 Å². The summed E-state index contributed by atoms with van der Waals surface area (Å²) in [5.41, 5.74) is 8.71. The molecule has 3 heterocycles. The maximum atomic E-state index is 13.0. The van der Waals surface area contributed by atoms with Crippen LogP contribution in [0.15, 0.2) is 53.5 Å². The number of nitrogens with one attached hydrogen (secondary N) is 2. The van der Waals surface area contributed by atoms with Crippen LogP contribution >= 0.6 is 0 Å². The fourth-order valence-corrected chi connectivity index (χ4v) is 4.28. The zero-order chi connectivity index (χ0) is 21.8. The van der Waals surface area contributed by atoms with E-state index in [1.54, 1.807) is 13.2 Å². The Bertz CT molecular complexity index is 1250. The van der Waals surface area contributed by atoms with Crippen molar-refractivity contribution in [3.8, 4) is 5.75 Å². The Hall–Kier alpha value is -3.78. The lowest BCUT2D eigenvalue weighted by molar-refractivity contribution is -0.125. The van der Waals surface area contributed by atoms with Crippen molar-refractivity contribution in [1.29, 1.82) is 0 Å². The second-order valence-corrected chi connectivity index (χ2v) is 7.83. The second kappa shape index (κ2) is 6.88. The molecule has 4 N–H and O–H groups in total. The number of fused-ring (bicyclic) bond motifs is 2. The van der Waals surface area contributed by atoms with Gasteiger partial charge in [0.1, 0.15) is 17.1 Å². The van der Waals surface area contributed by atoms with E-state index in [9.17, 15) is 9.59 Å². The summed E-state index contributed by atoms with van der Waals surface area (Å²) in [4.78, 5) is 27.1. The number of ether oxygens (including phenoxy) is 1. The van der Waals surface area contributed by atoms with Crippen molar-refractivity contribution in [3.63, 3.8) is 0 Å². The molecule has 2 aliphatic rings. The standard InChI is InChI=1S/C23H22N4O4/c1-13-18-9-17(30-2)5-4-15(18)11-27(13)12-23(21(28)25-22(29)26-23)20-8-16-7-14(10-24)3-6-19(16)31-20/h3-9H,1,10-12,24H2,2H3,(H2,25,26,28,29)/t23-/m0/s1. The zero-order valence-electron chi connectivity index (χ0n) is 17.0. The van der Waals surface area contributed by atoms with Gasteiger partial charge in [-0.25, -0.2) is 4.79 Å². The van der Waals surface area contributed by atoms with Crippen LogP contribution in [0.2, 0.25) is 0 Å². The Kier molecular flexibility index (Phi) is 4.26. The minimum atomic E-state index is -1.38. The number of hydrogen-bond acceptors (Lipinski definition) is 6. The van der Waals surface area contributed by atoms with Crippen molar-refractivity contribution in [2.75, 3.05) is 13.7 Å². The molecule has 2 aliphatic heterocycles. The summed E-state index contributed by atoms with van der Waals surface area (Å²) in [7, 11) is 1.61. The molecule has 0 aliphatic carbocycles. The molecular weight excluding hydrogens is 396 g/mol. The molecule has 5 rings (SSSR count). The van der Waals surface area contributed by atoms with Crippen LogP contribution in [-0.4, -0.2) is 30.5 Å². The largest absolute Gasteiger partial charge is 0.497 e. The van der Waals surface area contributed by atoms with E-state index in [1.807, 2.05) is 41.3 Å². The lowest BCUT2D eigenvalue weighted by atomic mass is 9.95. The first-order valence-corrected chi connectivity index (χ1v) is 9.91. The average molecular weight is 418 g/mol. The summed E-state index contributed by atoms with van der Waals surface area (Å²) in [6.45, 7) is 5.33. The highest BCUT2D eigenvalue weighted by atomic mass is 16.5. The third-order valence-electron chi connectivity index (χ3n) is 5.98. The molecule has 8 nitrogen and oxygen atoms in total. The van der Waals surface area contributed by atoms with Crippen LogP contribution in [0, 0.1) is 0 Å². The molecular formula is C23H22N4O4.